The first-order chi connectivity index (χ1) is 13.8. The smallest absolute Gasteiger partial charge is 0.258 e. The molecule has 2 aromatic carbocycles. The number of aromatic amines is 1. The van der Waals surface area contributed by atoms with Crippen molar-refractivity contribution in [2.45, 2.75) is 13.5 Å². The Labute approximate surface area is 174 Å². The highest BCUT2D eigenvalue weighted by atomic mass is 32.1. The van der Waals surface area contributed by atoms with Gasteiger partial charge >= 0.3 is 0 Å². The molecule has 0 aliphatic rings. The molecule has 29 heavy (non-hydrogen) atoms. The van der Waals surface area contributed by atoms with Gasteiger partial charge in [0.05, 0.1) is 44.6 Å². The molecule has 1 aromatic heterocycles. The standard InChI is InChI=1S/C21H24FN5OS/c1-14-8-9-15(12-17(14)22)23-21(29)27(11-10-26(2)3)13-19-24-18-7-5-4-6-16(18)20(28)25-19/h4-9,12H,10-11,13H2,1-3H3,(H,23,29)(H,24,25,28)/p+1. The summed E-state index contributed by atoms with van der Waals surface area (Å²) in [6.45, 7) is 3.54. The van der Waals surface area contributed by atoms with Gasteiger partial charge in [-0.15, -0.1) is 0 Å². The van der Waals surface area contributed by atoms with Gasteiger partial charge in [0.1, 0.15) is 11.6 Å². The zero-order valence-corrected chi connectivity index (χ0v) is 17.6. The summed E-state index contributed by atoms with van der Waals surface area (Å²) < 4.78 is 13.9. The Bertz CT molecular complexity index is 1080. The predicted molar refractivity (Wildman–Crippen MR) is 118 cm³/mol. The Balaban J connectivity index is 1.83. The highest BCUT2D eigenvalue weighted by Gasteiger charge is 2.15. The van der Waals surface area contributed by atoms with E-state index in [9.17, 15) is 9.18 Å². The van der Waals surface area contributed by atoms with Gasteiger partial charge < -0.3 is 20.1 Å². The lowest BCUT2D eigenvalue weighted by atomic mass is 10.2. The third-order valence-electron chi connectivity index (χ3n) is 4.59. The summed E-state index contributed by atoms with van der Waals surface area (Å²) in [5.41, 5.74) is 1.62. The molecule has 1 heterocycles. The molecule has 0 aliphatic carbocycles. The van der Waals surface area contributed by atoms with Crippen LogP contribution in [0.15, 0.2) is 47.3 Å². The van der Waals surface area contributed by atoms with Crippen molar-refractivity contribution in [2.75, 3.05) is 32.5 Å². The summed E-state index contributed by atoms with van der Waals surface area (Å²) in [4.78, 5) is 23.0. The first kappa shape index (κ1) is 20.9. The lowest BCUT2D eigenvalue weighted by Gasteiger charge is -2.26. The number of hydrogen-bond acceptors (Lipinski definition) is 3. The number of para-hydroxylation sites is 1. The first-order valence-electron chi connectivity index (χ1n) is 9.42. The first-order valence-corrected chi connectivity index (χ1v) is 9.83. The van der Waals surface area contributed by atoms with Crippen molar-refractivity contribution in [1.29, 1.82) is 0 Å². The number of fused-ring (bicyclic) bond motifs is 1. The number of H-pyrrole nitrogens is 1. The second kappa shape index (κ2) is 9.11. The molecule has 3 aromatic rings. The summed E-state index contributed by atoms with van der Waals surface area (Å²) in [5, 5.41) is 4.10. The number of nitrogens with one attached hydrogen (secondary N) is 3. The van der Waals surface area contributed by atoms with Crippen LogP contribution in [0, 0.1) is 12.7 Å². The number of benzene rings is 2. The van der Waals surface area contributed by atoms with E-state index in [0.717, 1.165) is 6.54 Å². The van der Waals surface area contributed by atoms with Crippen LogP contribution < -0.4 is 15.8 Å². The fourth-order valence-corrected chi connectivity index (χ4v) is 3.15. The van der Waals surface area contributed by atoms with E-state index in [1.54, 1.807) is 25.1 Å². The Hall–Kier alpha value is -2.84. The third kappa shape index (κ3) is 5.36. The number of anilines is 1. The summed E-state index contributed by atoms with van der Waals surface area (Å²) >= 11 is 5.58. The SMILES string of the molecule is Cc1ccc(NC(=S)N(CC[NH+](C)C)Cc2nc3ccccc3c(=O)[nH]2)cc1F. The van der Waals surface area contributed by atoms with Crippen LogP contribution in [0.5, 0.6) is 0 Å². The fourth-order valence-electron chi connectivity index (χ4n) is 2.87. The van der Waals surface area contributed by atoms with E-state index in [1.165, 1.54) is 11.0 Å². The molecule has 0 fully saturated rings. The summed E-state index contributed by atoms with van der Waals surface area (Å²) in [6, 6.07) is 12.1. The average Bonchev–Trinajstić information content (AvgIpc) is 2.68. The van der Waals surface area contributed by atoms with Crippen molar-refractivity contribution in [2.24, 2.45) is 0 Å². The predicted octanol–water partition coefficient (Wildman–Crippen LogP) is 1.71. The van der Waals surface area contributed by atoms with Crippen molar-refractivity contribution >= 4 is 33.9 Å². The molecule has 0 saturated heterocycles. The maximum atomic E-state index is 13.9. The zero-order chi connectivity index (χ0) is 21.0. The highest BCUT2D eigenvalue weighted by Crippen LogP contribution is 2.15. The van der Waals surface area contributed by atoms with Gasteiger partial charge in [0.2, 0.25) is 0 Å². The molecule has 0 aliphatic heterocycles. The molecule has 0 unspecified atom stereocenters. The molecule has 3 rings (SSSR count). The molecule has 0 bridgehead atoms. The fraction of sp³-hybridized carbons (Fsp3) is 0.286. The quantitative estimate of drug-likeness (QED) is 0.536. The number of likely N-dealkylation sites (N-methyl/N-ethyl adjacent to an activating group) is 1. The van der Waals surface area contributed by atoms with Crippen molar-refractivity contribution in [1.82, 2.24) is 14.9 Å². The topological polar surface area (TPSA) is 65.5 Å². The van der Waals surface area contributed by atoms with Crippen molar-refractivity contribution in [3.8, 4) is 0 Å². The monoisotopic (exact) mass is 414 g/mol. The van der Waals surface area contributed by atoms with Crippen molar-refractivity contribution in [3.05, 3.63) is 70.0 Å². The minimum absolute atomic E-state index is 0.178. The number of quaternary nitrogens is 1. The second-order valence-electron chi connectivity index (χ2n) is 7.30. The van der Waals surface area contributed by atoms with Crippen molar-refractivity contribution < 1.29 is 9.29 Å². The van der Waals surface area contributed by atoms with Crippen molar-refractivity contribution in [3.63, 3.8) is 0 Å². The molecule has 0 spiro atoms. The normalized spacial score (nSPS) is 11.1. The Kier molecular flexibility index (Phi) is 6.56. The highest BCUT2D eigenvalue weighted by molar-refractivity contribution is 7.80. The molecule has 8 heteroatoms. The number of aryl methyl sites for hydroxylation is 1. The van der Waals surface area contributed by atoms with E-state index >= 15 is 0 Å². The molecule has 0 atom stereocenters. The Morgan fingerprint density at radius 1 is 1.28 bits per heavy atom. The number of rotatable bonds is 6. The minimum Gasteiger partial charge on any atom is -0.338 e. The number of aromatic nitrogens is 2. The molecule has 0 radical (unpaired) electrons. The van der Waals surface area contributed by atoms with Crippen LogP contribution in [0.4, 0.5) is 10.1 Å². The number of thiocarbonyl (C=S) groups is 1. The minimum atomic E-state index is -0.289. The van der Waals surface area contributed by atoms with E-state index in [1.807, 2.05) is 23.1 Å². The van der Waals surface area contributed by atoms with E-state index in [0.29, 0.717) is 46.2 Å². The molecular formula is C21H25FN5OS+. The van der Waals surface area contributed by atoms with Crippen LogP contribution in [0.2, 0.25) is 0 Å². The second-order valence-corrected chi connectivity index (χ2v) is 7.69. The third-order valence-corrected chi connectivity index (χ3v) is 4.95. The molecule has 152 valence electrons. The summed E-state index contributed by atoms with van der Waals surface area (Å²) in [6.07, 6.45) is 0. The van der Waals surface area contributed by atoms with Gasteiger partial charge in [0, 0.05) is 5.69 Å². The molecule has 0 amide bonds. The Morgan fingerprint density at radius 2 is 2.03 bits per heavy atom. The van der Waals surface area contributed by atoms with Gasteiger partial charge in [-0.05, 0) is 49.0 Å². The van der Waals surface area contributed by atoms with Crippen LogP contribution in [0.3, 0.4) is 0 Å². The van der Waals surface area contributed by atoms with E-state index in [4.69, 9.17) is 12.2 Å². The summed E-state index contributed by atoms with van der Waals surface area (Å²) in [7, 11) is 4.11. The molecule has 3 N–H and O–H groups in total. The van der Waals surface area contributed by atoms with Gasteiger partial charge in [-0.1, -0.05) is 18.2 Å². The summed E-state index contributed by atoms with van der Waals surface area (Å²) in [5.74, 6) is 0.240. The van der Waals surface area contributed by atoms with Crippen LogP contribution in [-0.4, -0.2) is 47.2 Å². The average molecular weight is 415 g/mol. The van der Waals surface area contributed by atoms with Crippen LogP contribution in [0.1, 0.15) is 11.4 Å². The van der Waals surface area contributed by atoms with Crippen LogP contribution >= 0.6 is 12.2 Å². The number of halogens is 1. The maximum absolute atomic E-state index is 13.9. The van der Waals surface area contributed by atoms with Crippen LogP contribution in [0.25, 0.3) is 10.9 Å². The van der Waals surface area contributed by atoms with E-state index in [2.05, 4.69) is 29.4 Å². The number of hydrogen-bond donors (Lipinski definition) is 3. The molecule has 6 nitrogen and oxygen atoms in total. The lowest BCUT2D eigenvalue weighted by molar-refractivity contribution is -0.857. The van der Waals surface area contributed by atoms with Gasteiger partial charge in [-0.2, -0.15) is 0 Å². The van der Waals surface area contributed by atoms with Gasteiger partial charge in [-0.3, -0.25) is 4.79 Å². The van der Waals surface area contributed by atoms with E-state index < -0.39 is 0 Å². The van der Waals surface area contributed by atoms with Gasteiger partial charge in [0.15, 0.2) is 5.11 Å². The van der Waals surface area contributed by atoms with E-state index in [-0.39, 0.29) is 11.4 Å². The zero-order valence-electron chi connectivity index (χ0n) is 16.8. The molecular weight excluding hydrogens is 389 g/mol. The number of nitrogens with zero attached hydrogens (tertiary/aromatic N) is 2. The maximum Gasteiger partial charge on any atom is 0.258 e. The molecule has 0 saturated carbocycles. The Morgan fingerprint density at radius 3 is 2.76 bits per heavy atom. The van der Waals surface area contributed by atoms with Gasteiger partial charge in [-0.25, -0.2) is 9.37 Å². The largest absolute Gasteiger partial charge is 0.338 e. The van der Waals surface area contributed by atoms with Crippen LogP contribution in [-0.2, 0) is 6.54 Å². The lowest BCUT2D eigenvalue weighted by Crippen LogP contribution is -3.06. The van der Waals surface area contributed by atoms with Gasteiger partial charge in [0.25, 0.3) is 5.56 Å².